The lowest BCUT2D eigenvalue weighted by Crippen LogP contribution is -2.30. The fourth-order valence-electron chi connectivity index (χ4n) is 3.61. The predicted octanol–water partition coefficient (Wildman–Crippen LogP) is 4.50. The summed E-state index contributed by atoms with van der Waals surface area (Å²) in [6, 6.07) is 5.83. The molecule has 2 heterocycles. The number of halogens is 2. The van der Waals surface area contributed by atoms with E-state index in [0.29, 0.717) is 29.0 Å². The molecule has 1 saturated heterocycles. The van der Waals surface area contributed by atoms with Crippen molar-refractivity contribution >= 4 is 29.9 Å². The van der Waals surface area contributed by atoms with Crippen LogP contribution in [0.3, 0.4) is 0 Å². The van der Waals surface area contributed by atoms with Crippen LogP contribution in [-0.2, 0) is 0 Å². The summed E-state index contributed by atoms with van der Waals surface area (Å²) in [6.07, 6.45) is 4.67. The SMILES string of the molecule is Cc1c(Cl)cccc1-n1ncc(C(=O)NCCC(C)C)c1C1CCNCC1.Cl. The number of piperidine rings is 1. The van der Waals surface area contributed by atoms with E-state index in [2.05, 4.69) is 29.6 Å². The quantitative estimate of drug-likeness (QED) is 0.717. The first-order valence-corrected chi connectivity index (χ1v) is 10.2. The summed E-state index contributed by atoms with van der Waals surface area (Å²) in [5.74, 6) is 0.833. The number of benzene rings is 1. The second kappa shape index (κ2) is 10.3. The fraction of sp³-hybridized carbons (Fsp3) is 0.524. The van der Waals surface area contributed by atoms with Crippen LogP contribution in [0.1, 0.15) is 60.6 Å². The molecule has 5 nitrogen and oxygen atoms in total. The third kappa shape index (κ3) is 5.07. The lowest BCUT2D eigenvalue weighted by Gasteiger charge is -2.25. The van der Waals surface area contributed by atoms with Gasteiger partial charge in [-0.15, -0.1) is 12.4 Å². The van der Waals surface area contributed by atoms with Gasteiger partial charge in [0.25, 0.3) is 5.91 Å². The lowest BCUT2D eigenvalue weighted by molar-refractivity contribution is 0.0950. The van der Waals surface area contributed by atoms with Gasteiger partial charge in [-0.1, -0.05) is 31.5 Å². The molecule has 0 spiro atoms. The van der Waals surface area contributed by atoms with Crippen LogP contribution in [0.25, 0.3) is 5.69 Å². The van der Waals surface area contributed by atoms with Crippen LogP contribution in [0.5, 0.6) is 0 Å². The van der Waals surface area contributed by atoms with Crippen molar-refractivity contribution in [2.45, 2.75) is 46.0 Å². The van der Waals surface area contributed by atoms with Crippen LogP contribution < -0.4 is 10.6 Å². The van der Waals surface area contributed by atoms with Gasteiger partial charge in [0.15, 0.2) is 0 Å². The van der Waals surface area contributed by atoms with Crippen LogP contribution in [-0.4, -0.2) is 35.3 Å². The molecule has 154 valence electrons. The van der Waals surface area contributed by atoms with Crippen molar-refractivity contribution in [3.05, 3.63) is 46.2 Å². The van der Waals surface area contributed by atoms with Crippen molar-refractivity contribution in [3.63, 3.8) is 0 Å². The maximum absolute atomic E-state index is 12.9. The van der Waals surface area contributed by atoms with E-state index in [1.165, 1.54) is 0 Å². The Bertz CT molecular complexity index is 798. The summed E-state index contributed by atoms with van der Waals surface area (Å²) in [5.41, 5.74) is 3.61. The van der Waals surface area contributed by atoms with Crippen molar-refractivity contribution in [1.82, 2.24) is 20.4 Å². The van der Waals surface area contributed by atoms with E-state index < -0.39 is 0 Å². The van der Waals surface area contributed by atoms with Gasteiger partial charge < -0.3 is 10.6 Å². The molecule has 0 saturated carbocycles. The fourth-order valence-corrected chi connectivity index (χ4v) is 3.78. The van der Waals surface area contributed by atoms with Crippen LogP contribution in [0, 0.1) is 12.8 Å². The monoisotopic (exact) mass is 424 g/mol. The second-order valence-electron chi connectivity index (χ2n) is 7.70. The van der Waals surface area contributed by atoms with E-state index in [0.717, 1.165) is 49.3 Å². The van der Waals surface area contributed by atoms with Crippen molar-refractivity contribution in [2.75, 3.05) is 19.6 Å². The van der Waals surface area contributed by atoms with Gasteiger partial charge >= 0.3 is 0 Å². The molecule has 28 heavy (non-hydrogen) atoms. The van der Waals surface area contributed by atoms with Gasteiger partial charge in [-0.05, 0) is 62.9 Å². The Hall–Kier alpha value is -1.56. The lowest BCUT2D eigenvalue weighted by atomic mass is 9.91. The standard InChI is InChI=1S/C21H29ClN4O.ClH/c1-14(2)7-12-24-21(27)17-13-25-26(19-6-4-5-18(22)15(19)3)20(17)16-8-10-23-11-9-16;/h4-6,13-14,16,23H,7-12H2,1-3H3,(H,24,27);1H. The number of carbonyl (C=O) groups excluding carboxylic acids is 1. The molecule has 1 aromatic carbocycles. The summed E-state index contributed by atoms with van der Waals surface area (Å²) >= 11 is 6.34. The molecule has 1 amide bonds. The minimum absolute atomic E-state index is 0. The highest BCUT2D eigenvalue weighted by Crippen LogP contribution is 2.32. The molecule has 2 N–H and O–H groups in total. The molecule has 0 radical (unpaired) electrons. The average Bonchev–Trinajstić information content (AvgIpc) is 3.09. The molecule has 1 aliphatic heterocycles. The second-order valence-corrected chi connectivity index (χ2v) is 8.11. The number of aromatic nitrogens is 2. The highest BCUT2D eigenvalue weighted by molar-refractivity contribution is 6.31. The van der Waals surface area contributed by atoms with Gasteiger partial charge in [-0.3, -0.25) is 4.79 Å². The maximum atomic E-state index is 12.9. The zero-order valence-electron chi connectivity index (χ0n) is 16.8. The van der Waals surface area contributed by atoms with Crippen LogP contribution >= 0.6 is 24.0 Å². The topological polar surface area (TPSA) is 59.0 Å². The van der Waals surface area contributed by atoms with Crippen molar-refractivity contribution in [2.24, 2.45) is 5.92 Å². The highest BCUT2D eigenvalue weighted by Gasteiger charge is 2.27. The van der Waals surface area contributed by atoms with Crippen molar-refractivity contribution in [1.29, 1.82) is 0 Å². The normalized spacial score (nSPS) is 14.8. The molecular weight excluding hydrogens is 395 g/mol. The van der Waals surface area contributed by atoms with E-state index in [4.69, 9.17) is 11.6 Å². The molecular formula is C21H30Cl2N4O. The zero-order valence-corrected chi connectivity index (χ0v) is 18.4. The summed E-state index contributed by atoms with van der Waals surface area (Å²) in [6.45, 7) is 8.91. The first-order chi connectivity index (χ1) is 13.0. The molecule has 1 aliphatic rings. The van der Waals surface area contributed by atoms with E-state index in [9.17, 15) is 4.79 Å². The van der Waals surface area contributed by atoms with Crippen LogP contribution in [0.4, 0.5) is 0 Å². The number of hydrogen-bond donors (Lipinski definition) is 2. The van der Waals surface area contributed by atoms with Gasteiger partial charge in [0, 0.05) is 17.5 Å². The summed E-state index contributed by atoms with van der Waals surface area (Å²) in [5, 5.41) is 11.8. The van der Waals surface area contributed by atoms with Crippen molar-refractivity contribution < 1.29 is 4.79 Å². The Morgan fingerprint density at radius 1 is 1.36 bits per heavy atom. The Kier molecular flexibility index (Phi) is 8.35. The number of nitrogens with zero attached hydrogens (tertiary/aromatic N) is 2. The predicted molar refractivity (Wildman–Crippen MR) is 117 cm³/mol. The summed E-state index contributed by atoms with van der Waals surface area (Å²) in [7, 11) is 0. The number of rotatable bonds is 6. The minimum Gasteiger partial charge on any atom is -0.352 e. The summed E-state index contributed by atoms with van der Waals surface area (Å²) < 4.78 is 1.93. The van der Waals surface area contributed by atoms with Gasteiger partial charge in [0.05, 0.1) is 23.1 Å². The van der Waals surface area contributed by atoms with Gasteiger partial charge in [0.2, 0.25) is 0 Å². The van der Waals surface area contributed by atoms with E-state index in [1.807, 2.05) is 29.8 Å². The first kappa shape index (κ1) is 22.7. The van der Waals surface area contributed by atoms with Crippen LogP contribution in [0.15, 0.2) is 24.4 Å². The molecule has 1 fully saturated rings. The Morgan fingerprint density at radius 2 is 2.07 bits per heavy atom. The summed E-state index contributed by atoms with van der Waals surface area (Å²) in [4.78, 5) is 12.9. The number of nitrogens with one attached hydrogen (secondary N) is 2. The van der Waals surface area contributed by atoms with Gasteiger partial charge in [-0.2, -0.15) is 5.10 Å². The minimum atomic E-state index is -0.0323. The van der Waals surface area contributed by atoms with Gasteiger partial charge in [0.1, 0.15) is 0 Å². The molecule has 3 rings (SSSR count). The Labute approximate surface area is 178 Å². The molecule has 7 heteroatoms. The maximum Gasteiger partial charge on any atom is 0.254 e. The third-order valence-electron chi connectivity index (χ3n) is 5.25. The number of carbonyl (C=O) groups is 1. The Morgan fingerprint density at radius 3 is 2.75 bits per heavy atom. The average molecular weight is 425 g/mol. The third-order valence-corrected chi connectivity index (χ3v) is 5.66. The largest absolute Gasteiger partial charge is 0.352 e. The molecule has 0 aliphatic carbocycles. The molecule has 0 bridgehead atoms. The molecule has 1 aromatic heterocycles. The molecule has 0 atom stereocenters. The molecule has 2 aromatic rings. The molecule has 0 unspecified atom stereocenters. The van der Waals surface area contributed by atoms with Crippen LogP contribution in [0.2, 0.25) is 5.02 Å². The number of hydrogen-bond acceptors (Lipinski definition) is 3. The van der Waals surface area contributed by atoms with Crippen molar-refractivity contribution in [3.8, 4) is 5.69 Å². The van der Waals surface area contributed by atoms with E-state index in [1.54, 1.807) is 6.20 Å². The zero-order chi connectivity index (χ0) is 19.4. The van der Waals surface area contributed by atoms with E-state index in [-0.39, 0.29) is 18.3 Å². The first-order valence-electron chi connectivity index (χ1n) is 9.81. The number of amides is 1. The smallest absolute Gasteiger partial charge is 0.254 e. The van der Waals surface area contributed by atoms with Gasteiger partial charge in [-0.25, -0.2) is 4.68 Å². The Balaban J connectivity index is 0.00000280. The van der Waals surface area contributed by atoms with E-state index >= 15 is 0 Å². The highest BCUT2D eigenvalue weighted by atomic mass is 35.5.